The maximum Gasteiger partial charge on any atom is 0.254 e. The smallest absolute Gasteiger partial charge is 0.254 e. The van der Waals surface area contributed by atoms with Gasteiger partial charge in [0.1, 0.15) is 0 Å². The van der Waals surface area contributed by atoms with Gasteiger partial charge in [-0.3, -0.25) is 9.78 Å². The Hall–Kier alpha value is -2.41. The fourth-order valence-corrected chi connectivity index (χ4v) is 3.59. The number of nitrogens with zero attached hydrogens (tertiary/aromatic N) is 3. The van der Waals surface area contributed by atoms with Gasteiger partial charge in [-0.05, 0) is 42.8 Å². The van der Waals surface area contributed by atoms with Crippen LogP contribution < -0.4 is 4.90 Å². The lowest BCUT2D eigenvalue weighted by atomic mass is 10.2. The number of sulfone groups is 1. The first-order chi connectivity index (χ1) is 11.9. The van der Waals surface area contributed by atoms with Crippen molar-refractivity contribution in [2.45, 2.75) is 11.3 Å². The molecule has 2 aromatic rings. The second-order valence-electron chi connectivity index (χ2n) is 6.13. The Bertz CT molecular complexity index is 836. The Kier molecular flexibility index (Phi) is 5.03. The molecule has 0 atom stereocenters. The highest BCUT2D eigenvalue weighted by Gasteiger charge is 2.20. The van der Waals surface area contributed by atoms with E-state index in [2.05, 4.69) is 9.88 Å². The molecule has 1 saturated heterocycles. The van der Waals surface area contributed by atoms with Gasteiger partial charge in [0, 0.05) is 56.1 Å². The zero-order valence-electron chi connectivity index (χ0n) is 14.1. The average Bonchev–Trinajstić information content (AvgIpc) is 2.87. The van der Waals surface area contributed by atoms with Crippen LogP contribution in [0.1, 0.15) is 16.8 Å². The van der Waals surface area contributed by atoms with Crippen LogP contribution in [0, 0.1) is 0 Å². The number of hydrogen-bond donors (Lipinski definition) is 0. The number of carbonyl (C=O) groups is 1. The molecule has 3 rings (SSSR count). The molecule has 1 fully saturated rings. The normalized spacial score (nSPS) is 15.7. The summed E-state index contributed by atoms with van der Waals surface area (Å²) < 4.78 is 23.1. The minimum atomic E-state index is -3.18. The molecule has 0 N–H and O–H groups in total. The summed E-state index contributed by atoms with van der Waals surface area (Å²) in [4.78, 5) is 20.9. The molecule has 6 nitrogen and oxygen atoms in total. The summed E-state index contributed by atoms with van der Waals surface area (Å²) in [6, 6.07) is 10.4. The molecule has 1 aliphatic heterocycles. The molecule has 1 aromatic carbocycles. The molecule has 0 bridgehead atoms. The van der Waals surface area contributed by atoms with E-state index in [1.165, 1.54) is 6.26 Å². The van der Waals surface area contributed by atoms with Gasteiger partial charge in [0.25, 0.3) is 5.91 Å². The largest absolute Gasteiger partial charge is 0.370 e. The lowest BCUT2D eigenvalue weighted by molar-refractivity contribution is 0.0767. The molecule has 0 radical (unpaired) electrons. The van der Waals surface area contributed by atoms with Crippen molar-refractivity contribution >= 4 is 21.4 Å². The molecule has 132 valence electrons. The summed E-state index contributed by atoms with van der Waals surface area (Å²) in [6.45, 7) is 2.89. The summed E-state index contributed by atoms with van der Waals surface area (Å²) in [5.41, 5.74) is 1.63. The molecule has 2 heterocycles. The third-order valence-corrected chi connectivity index (χ3v) is 5.47. The summed E-state index contributed by atoms with van der Waals surface area (Å²) in [7, 11) is -3.18. The van der Waals surface area contributed by atoms with Gasteiger partial charge in [-0.25, -0.2) is 8.42 Å². The van der Waals surface area contributed by atoms with Crippen LogP contribution in [0.25, 0.3) is 0 Å². The SMILES string of the molecule is CS(=O)(=O)c1ccc(N2CCCN(C(=O)c3ccncc3)CC2)cc1. The van der Waals surface area contributed by atoms with Crippen LogP contribution in [0.3, 0.4) is 0 Å². The number of amides is 1. The second-order valence-corrected chi connectivity index (χ2v) is 8.15. The Morgan fingerprint density at radius 1 is 0.960 bits per heavy atom. The molecule has 25 heavy (non-hydrogen) atoms. The molecular formula is C18H21N3O3S. The summed E-state index contributed by atoms with van der Waals surface area (Å²) >= 11 is 0. The van der Waals surface area contributed by atoms with Crippen molar-refractivity contribution in [3.63, 3.8) is 0 Å². The van der Waals surface area contributed by atoms with Gasteiger partial charge < -0.3 is 9.80 Å². The Morgan fingerprint density at radius 3 is 2.28 bits per heavy atom. The van der Waals surface area contributed by atoms with Gasteiger partial charge in [0.05, 0.1) is 4.90 Å². The molecule has 0 unspecified atom stereocenters. The van der Waals surface area contributed by atoms with Crippen molar-refractivity contribution in [2.24, 2.45) is 0 Å². The standard InChI is InChI=1S/C18H21N3O3S/c1-25(23,24)17-5-3-16(4-6-17)20-11-2-12-21(14-13-20)18(22)15-7-9-19-10-8-15/h3-10H,2,11-14H2,1H3. The third-order valence-electron chi connectivity index (χ3n) is 4.34. The van der Waals surface area contributed by atoms with Gasteiger partial charge in [0.2, 0.25) is 0 Å². The minimum absolute atomic E-state index is 0.0247. The molecule has 1 aromatic heterocycles. The number of pyridine rings is 1. The average molecular weight is 359 g/mol. The summed E-state index contributed by atoms with van der Waals surface area (Å²) in [5, 5.41) is 0. The number of rotatable bonds is 3. The zero-order chi connectivity index (χ0) is 17.9. The molecular weight excluding hydrogens is 338 g/mol. The van der Waals surface area contributed by atoms with E-state index in [4.69, 9.17) is 0 Å². The maximum atomic E-state index is 12.6. The van der Waals surface area contributed by atoms with E-state index in [1.54, 1.807) is 36.7 Å². The van der Waals surface area contributed by atoms with Crippen molar-refractivity contribution in [3.8, 4) is 0 Å². The van der Waals surface area contributed by atoms with E-state index in [9.17, 15) is 13.2 Å². The highest BCUT2D eigenvalue weighted by Crippen LogP contribution is 2.20. The van der Waals surface area contributed by atoms with Gasteiger partial charge in [-0.15, -0.1) is 0 Å². The minimum Gasteiger partial charge on any atom is -0.370 e. The van der Waals surface area contributed by atoms with Gasteiger partial charge in [-0.1, -0.05) is 0 Å². The number of aromatic nitrogens is 1. The Morgan fingerprint density at radius 2 is 1.64 bits per heavy atom. The van der Waals surface area contributed by atoms with Crippen LogP contribution in [0.2, 0.25) is 0 Å². The summed E-state index contributed by atoms with van der Waals surface area (Å²) in [5.74, 6) is 0.0247. The quantitative estimate of drug-likeness (QED) is 0.836. The van der Waals surface area contributed by atoms with E-state index in [0.717, 1.165) is 25.2 Å². The second kappa shape index (κ2) is 7.23. The molecule has 1 aliphatic rings. The third kappa shape index (κ3) is 4.17. The fourth-order valence-electron chi connectivity index (χ4n) is 2.96. The molecule has 1 amide bonds. The van der Waals surface area contributed by atoms with Crippen molar-refractivity contribution in [1.82, 2.24) is 9.88 Å². The zero-order valence-corrected chi connectivity index (χ0v) is 14.9. The van der Waals surface area contributed by atoms with Gasteiger partial charge in [0.15, 0.2) is 9.84 Å². The van der Waals surface area contributed by atoms with E-state index >= 15 is 0 Å². The molecule has 0 spiro atoms. The summed E-state index contributed by atoms with van der Waals surface area (Å²) in [6.07, 6.45) is 5.32. The topological polar surface area (TPSA) is 70.6 Å². The number of hydrogen-bond acceptors (Lipinski definition) is 5. The highest BCUT2D eigenvalue weighted by molar-refractivity contribution is 7.90. The monoisotopic (exact) mass is 359 g/mol. The van der Waals surface area contributed by atoms with Crippen LogP contribution in [-0.2, 0) is 9.84 Å². The Balaban J connectivity index is 1.68. The van der Waals surface area contributed by atoms with E-state index in [1.807, 2.05) is 17.0 Å². The first-order valence-corrected chi connectivity index (χ1v) is 10.1. The lowest BCUT2D eigenvalue weighted by Gasteiger charge is -2.24. The fraction of sp³-hybridized carbons (Fsp3) is 0.333. The van der Waals surface area contributed by atoms with Crippen molar-refractivity contribution < 1.29 is 13.2 Å². The first kappa shape index (κ1) is 17.4. The van der Waals surface area contributed by atoms with Crippen LogP contribution >= 0.6 is 0 Å². The predicted molar refractivity (Wildman–Crippen MR) is 96.5 cm³/mol. The van der Waals surface area contributed by atoms with E-state index in [-0.39, 0.29) is 5.91 Å². The first-order valence-electron chi connectivity index (χ1n) is 8.19. The number of benzene rings is 1. The van der Waals surface area contributed by atoms with Gasteiger partial charge in [-0.2, -0.15) is 0 Å². The van der Waals surface area contributed by atoms with E-state index in [0.29, 0.717) is 23.5 Å². The maximum absolute atomic E-state index is 12.6. The molecule has 0 saturated carbocycles. The van der Waals surface area contributed by atoms with Crippen molar-refractivity contribution in [2.75, 3.05) is 37.3 Å². The highest BCUT2D eigenvalue weighted by atomic mass is 32.2. The van der Waals surface area contributed by atoms with Crippen LogP contribution in [0.5, 0.6) is 0 Å². The van der Waals surface area contributed by atoms with Gasteiger partial charge >= 0.3 is 0 Å². The van der Waals surface area contributed by atoms with Crippen LogP contribution in [-0.4, -0.2) is 56.6 Å². The van der Waals surface area contributed by atoms with Crippen molar-refractivity contribution in [3.05, 3.63) is 54.4 Å². The number of carbonyl (C=O) groups excluding carboxylic acids is 1. The molecule has 0 aliphatic carbocycles. The lowest BCUT2D eigenvalue weighted by Crippen LogP contribution is -2.35. The van der Waals surface area contributed by atoms with E-state index < -0.39 is 9.84 Å². The van der Waals surface area contributed by atoms with Crippen LogP contribution in [0.4, 0.5) is 5.69 Å². The number of anilines is 1. The molecule has 7 heteroatoms. The Labute approximate surface area is 148 Å². The predicted octanol–water partition coefficient (Wildman–Crippen LogP) is 1.84. The van der Waals surface area contributed by atoms with Crippen LogP contribution in [0.15, 0.2) is 53.7 Å². The van der Waals surface area contributed by atoms with Crippen molar-refractivity contribution in [1.29, 1.82) is 0 Å².